The van der Waals surface area contributed by atoms with Gasteiger partial charge in [-0.3, -0.25) is 4.79 Å². The molecule has 0 bridgehead atoms. The van der Waals surface area contributed by atoms with Crippen LogP contribution in [0.25, 0.3) is 0 Å². The van der Waals surface area contributed by atoms with Gasteiger partial charge in [0, 0.05) is 3.57 Å². The molecule has 1 saturated heterocycles. The lowest BCUT2D eigenvalue weighted by molar-refractivity contribution is -0.125. The number of esters is 1. The van der Waals surface area contributed by atoms with Gasteiger partial charge in [-0.15, -0.1) is 0 Å². The summed E-state index contributed by atoms with van der Waals surface area (Å²) in [4.78, 5) is 23.7. The molecule has 0 radical (unpaired) electrons. The van der Waals surface area contributed by atoms with Crippen LogP contribution in [0.3, 0.4) is 0 Å². The summed E-state index contributed by atoms with van der Waals surface area (Å²) in [6.45, 7) is 1.25. The maximum Gasteiger partial charge on any atom is 0.338 e. The number of halogens is 1. The average Bonchev–Trinajstić information content (AvgIpc) is 2.69. The molecule has 1 unspecified atom stereocenters. The maximum atomic E-state index is 11.8. The number of carbonyl (C=O) groups excluding carboxylic acids is 2. The van der Waals surface area contributed by atoms with Crippen LogP contribution in [0.1, 0.15) is 23.7 Å². The smallest absolute Gasteiger partial charge is 0.338 e. The average molecular weight is 437 g/mol. The number of rotatable bonds is 4. The van der Waals surface area contributed by atoms with Crippen LogP contribution in [0.5, 0.6) is 0 Å². The van der Waals surface area contributed by atoms with Gasteiger partial charge in [0.1, 0.15) is 0 Å². The summed E-state index contributed by atoms with van der Waals surface area (Å²) >= 11 is 2.07. The molecule has 1 aromatic carbocycles. The van der Waals surface area contributed by atoms with E-state index in [1.807, 2.05) is 6.07 Å². The predicted molar refractivity (Wildman–Crippen MR) is 89.3 cm³/mol. The van der Waals surface area contributed by atoms with Gasteiger partial charge < -0.3 is 10.1 Å². The van der Waals surface area contributed by atoms with Gasteiger partial charge in [0.25, 0.3) is 5.91 Å². The highest BCUT2D eigenvalue weighted by Crippen LogP contribution is 2.22. The highest BCUT2D eigenvalue weighted by molar-refractivity contribution is 14.1. The number of hydrogen-bond acceptors (Lipinski definition) is 5. The Labute approximate surface area is 142 Å². The van der Waals surface area contributed by atoms with Gasteiger partial charge in [-0.25, -0.2) is 13.2 Å². The van der Waals surface area contributed by atoms with Crippen LogP contribution < -0.4 is 5.32 Å². The van der Waals surface area contributed by atoms with Crippen LogP contribution in [0.15, 0.2) is 24.3 Å². The summed E-state index contributed by atoms with van der Waals surface area (Å²) in [5.74, 6) is -1.11. The van der Waals surface area contributed by atoms with Crippen LogP contribution in [-0.2, 0) is 19.4 Å². The monoisotopic (exact) mass is 437 g/mol. The minimum absolute atomic E-state index is 0.0615. The van der Waals surface area contributed by atoms with E-state index < -0.39 is 33.9 Å². The lowest BCUT2D eigenvalue weighted by Crippen LogP contribution is -2.48. The molecular weight excluding hydrogens is 421 g/mol. The topological polar surface area (TPSA) is 89.5 Å². The summed E-state index contributed by atoms with van der Waals surface area (Å²) in [7, 11) is -3.10. The Morgan fingerprint density at radius 1 is 1.41 bits per heavy atom. The van der Waals surface area contributed by atoms with Crippen molar-refractivity contribution in [1.82, 2.24) is 5.32 Å². The number of hydrogen-bond donors (Lipinski definition) is 1. The van der Waals surface area contributed by atoms with Crippen molar-refractivity contribution in [3.8, 4) is 0 Å². The Bertz CT molecular complexity index is 703. The van der Waals surface area contributed by atoms with Gasteiger partial charge in [-0.05, 0) is 54.1 Å². The fourth-order valence-electron chi connectivity index (χ4n) is 2.31. The van der Waals surface area contributed by atoms with Crippen LogP contribution in [0, 0.1) is 3.57 Å². The van der Waals surface area contributed by atoms with E-state index in [9.17, 15) is 18.0 Å². The molecule has 1 atom stereocenters. The molecule has 8 heteroatoms. The van der Waals surface area contributed by atoms with Crippen molar-refractivity contribution in [2.24, 2.45) is 0 Å². The molecule has 0 saturated carbocycles. The minimum atomic E-state index is -3.10. The number of carbonyl (C=O) groups is 2. The molecule has 1 N–H and O–H groups in total. The van der Waals surface area contributed by atoms with Crippen LogP contribution in [0.2, 0.25) is 0 Å². The molecule has 0 aromatic heterocycles. The molecule has 0 aliphatic carbocycles. The molecule has 1 aliphatic heterocycles. The summed E-state index contributed by atoms with van der Waals surface area (Å²) in [6, 6.07) is 6.83. The summed E-state index contributed by atoms with van der Waals surface area (Å²) in [5, 5.41) is 2.63. The minimum Gasteiger partial charge on any atom is -0.452 e. The maximum absolute atomic E-state index is 11.8. The molecule has 0 spiro atoms. The first-order chi connectivity index (χ1) is 10.2. The normalized spacial score (nSPS) is 23.0. The molecule has 120 valence electrons. The third-order valence-electron chi connectivity index (χ3n) is 3.34. The largest absolute Gasteiger partial charge is 0.452 e. The van der Waals surface area contributed by atoms with Crippen LogP contribution in [0.4, 0.5) is 0 Å². The SMILES string of the molecule is CC1(NC(=O)COC(=O)c2cccc(I)c2)CCS(=O)(=O)C1. The van der Waals surface area contributed by atoms with Crippen molar-refractivity contribution in [2.75, 3.05) is 18.1 Å². The second-order valence-corrected chi connectivity index (χ2v) is 8.97. The standard InChI is InChI=1S/C14H16INO5S/c1-14(5-6-22(19,20)9-14)16-12(17)8-21-13(18)10-3-2-4-11(15)7-10/h2-4,7H,5-6,8-9H2,1H3,(H,16,17). The molecule has 2 rings (SSSR count). The van der Waals surface area contributed by atoms with Gasteiger partial charge in [0.2, 0.25) is 0 Å². The Morgan fingerprint density at radius 2 is 2.14 bits per heavy atom. The number of amides is 1. The molecule has 1 heterocycles. The Hall–Kier alpha value is -1.16. The van der Waals surface area contributed by atoms with Crippen molar-refractivity contribution >= 4 is 44.3 Å². The van der Waals surface area contributed by atoms with E-state index in [1.54, 1.807) is 25.1 Å². The third kappa shape index (κ3) is 4.67. The molecule has 1 aliphatic rings. The van der Waals surface area contributed by atoms with Crippen molar-refractivity contribution < 1.29 is 22.7 Å². The number of ether oxygens (including phenoxy) is 1. The molecule has 1 amide bonds. The Morgan fingerprint density at radius 3 is 2.73 bits per heavy atom. The van der Waals surface area contributed by atoms with Gasteiger partial charge in [0.05, 0.1) is 22.6 Å². The van der Waals surface area contributed by atoms with Crippen molar-refractivity contribution in [2.45, 2.75) is 18.9 Å². The fraction of sp³-hybridized carbons (Fsp3) is 0.429. The first-order valence-corrected chi connectivity index (χ1v) is 9.53. The van der Waals surface area contributed by atoms with Gasteiger partial charge in [-0.1, -0.05) is 6.07 Å². The fourth-order valence-corrected chi connectivity index (χ4v) is 4.95. The first kappa shape index (κ1) is 17.2. The first-order valence-electron chi connectivity index (χ1n) is 6.63. The van der Waals surface area contributed by atoms with Crippen LogP contribution in [-0.4, -0.2) is 43.9 Å². The highest BCUT2D eigenvalue weighted by Gasteiger charge is 2.39. The van der Waals surface area contributed by atoms with Crippen molar-refractivity contribution in [3.63, 3.8) is 0 Å². The lowest BCUT2D eigenvalue weighted by Gasteiger charge is -2.23. The molecule has 6 nitrogen and oxygen atoms in total. The van der Waals surface area contributed by atoms with E-state index in [-0.39, 0.29) is 11.5 Å². The van der Waals surface area contributed by atoms with Crippen molar-refractivity contribution in [1.29, 1.82) is 0 Å². The highest BCUT2D eigenvalue weighted by atomic mass is 127. The molecule has 22 heavy (non-hydrogen) atoms. The zero-order chi connectivity index (χ0) is 16.4. The zero-order valence-electron chi connectivity index (χ0n) is 12.0. The van der Waals surface area contributed by atoms with Crippen LogP contribution >= 0.6 is 22.6 Å². The van der Waals surface area contributed by atoms with E-state index in [0.717, 1.165) is 3.57 Å². The van der Waals surface area contributed by atoms with Gasteiger partial charge >= 0.3 is 5.97 Å². The molecular formula is C14H16INO5S. The summed E-state index contributed by atoms with van der Waals surface area (Å²) in [6.07, 6.45) is 0.367. The van der Waals surface area contributed by atoms with E-state index in [4.69, 9.17) is 4.74 Å². The number of nitrogens with one attached hydrogen (secondary N) is 1. The van der Waals surface area contributed by atoms with E-state index in [1.165, 1.54) is 0 Å². The quantitative estimate of drug-likeness (QED) is 0.564. The summed E-state index contributed by atoms with van der Waals surface area (Å²) in [5.41, 5.74) is -0.417. The Balaban J connectivity index is 1.87. The number of benzene rings is 1. The molecule has 1 aromatic rings. The van der Waals surface area contributed by atoms with E-state index >= 15 is 0 Å². The van der Waals surface area contributed by atoms with Crippen molar-refractivity contribution in [3.05, 3.63) is 33.4 Å². The second kappa shape index (κ2) is 6.53. The summed E-state index contributed by atoms with van der Waals surface area (Å²) < 4.78 is 28.8. The van der Waals surface area contributed by atoms with E-state index in [2.05, 4.69) is 27.9 Å². The lowest BCUT2D eigenvalue weighted by atomic mass is 10.0. The van der Waals surface area contributed by atoms with E-state index in [0.29, 0.717) is 12.0 Å². The zero-order valence-corrected chi connectivity index (χ0v) is 14.9. The third-order valence-corrected chi connectivity index (χ3v) is 5.91. The Kier molecular flexibility index (Phi) is 5.10. The van der Waals surface area contributed by atoms with Gasteiger partial charge in [-0.2, -0.15) is 0 Å². The predicted octanol–water partition coefficient (Wildman–Crippen LogP) is 1.14. The number of sulfone groups is 1. The molecule has 1 fully saturated rings. The van der Waals surface area contributed by atoms with Gasteiger partial charge in [0.15, 0.2) is 16.4 Å². The second-order valence-electron chi connectivity index (χ2n) is 5.54.